The van der Waals surface area contributed by atoms with E-state index in [4.69, 9.17) is 9.47 Å². The van der Waals surface area contributed by atoms with Crippen LogP contribution in [0.2, 0.25) is 0 Å². The topological polar surface area (TPSA) is 109 Å². The molecule has 2 aromatic carbocycles. The maximum atomic E-state index is 12.8. The minimum absolute atomic E-state index is 0.0572. The first-order valence-electron chi connectivity index (χ1n) is 9.62. The van der Waals surface area contributed by atoms with Crippen molar-refractivity contribution in [3.8, 4) is 28.7 Å². The summed E-state index contributed by atoms with van der Waals surface area (Å²) in [6.45, 7) is 1.86. The molecule has 2 N–H and O–H groups in total. The van der Waals surface area contributed by atoms with Gasteiger partial charge < -0.3 is 19.9 Å². The van der Waals surface area contributed by atoms with Crippen molar-refractivity contribution in [3.05, 3.63) is 70.6 Å². The zero-order valence-corrected chi connectivity index (χ0v) is 18.2. The van der Waals surface area contributed by atoms with Gasteiger partial charge in [0.2, 0.25) is 0 Å². The van der Waals surface area contributed by atoms with Crippen molar-refractivity contribution in [3.63, 3.8) is 0 Å². The van der Waals surface area contributed by atoms with E-state index in [1.807, 2.05) is 6.07 Å². The summed E-state index contributed by atoms with van der Waals surface area (Å²) in [7, 11) is 1.56. The highest BCUT2D eigenvalue weighted by Crippen LogP contribution is 2.37. The summed E-state index contributed by atoms with van der Waals surface area (Å²) in [5.41, 5.74) is 1.65. The monoisotopic (exact) mass is 448 g/mol. The highest BCUT2D eigenvalue weighted by Gasteiger charge is 2.24. The molecular formula is C24H20N2O5S. The maximum Gasteiger partial charge on any atom is 0.341 e. The Labute approximate surface area is 189 Å². The minimum atomic E-state index is -0.704. The molecule has 8 heteroatoms. The number of nitrogens with zero attached hydrogens (tertiary/aromatic N) is 1. The molecule has 162 valence electrons. The second-order valence-electron chi connectivity index (χ2n) is 6.49. The van der Waals surface area contributed by atoms with E-state index >= 15 is 0 Å². The van der Waals surface area contributed by atoms with Crippen LogP contribution in [0.1, 0.15) is 22.8 Å². The number of thiophene rings is 1. The number of hydrogen-bond acceptors (Lipinski definition) is 7. The predicted octanol–water partition coefficient (Wildman–Crippen LogP) is 4.85. The Morgan fingerprint density at radius 2 is 1.91 bits per heavy atom. The van der Waals surface area contributed by atoms with E-state index in [9.17, 15) is 20.0 Å². The molecule has 0 spiro atoms. The third-order valence-electron chi connectivity index (χ3n) is 4.50. The number of amides is 1. The average molecular weight is 449 g/mol. The van der Waals surface area contributed by atoms with Crippen LogP contribution in [0.25, 0.3) is 17.2 Å². The molecule has 0 aliphatic carbocycles. The first kappa shape index (κ1) is 22.6. The summed E-state index contributed by atoms with van der Waals surface area (Å²) >= 11 is 1.15. The second-order valence-corrected chi connectivity index (χ2v) is 7.36. The SMILES string of the molecule is CCOC(=O)c1c(-c2ccc(OC)cc2)csc1NC(=O)C(C#N)=Cc1ccccc1O. The molecule has 0 atom stereocenters. The zero-order valence-electron chi connectivity index (χ0n) is 17.4. The fourth-order valence-corrected chi connectivity index (χ4v) is 3.88. The molecule has 0 radical (unpaired) electrons. The Kier molecular flexibility index (Phi) is 7.26. The van der Waals surface area contributed by atoms with E-state index < -0.39 is 11.9 Å². The summed E-state index contributed by atoms with van der Waals surface area (Å²) in [5, 5.41) is 24.0. The molecule has 0 bridgehead atoms. The average Bonchev–Trinajstić information content (AvgIpc) is 3.22. The Hall–Kier alpha value is -4.09. The first-order chi connectivity index (χ1) is 15.5. The van der Waals surface area contributed by atoms with Crippen LogP contribution in [-0.2, 0) is 9.53 Å². The Morgan fingerprint density at radius 1 is 1.19 bits per heavy atom. The van der Waals surface area contributed by atoms with Gasteiger partial charge in [-0.25, -0.2) is 4.79 Å². The van der Waals surface area contributed by atoms with Crippen LogP contribution in [0.3, 0.4) is 0 Å². The molecule has 0 aliphatic heterocycles. The Balaban J connectivity index is 1.97. The Morgan fingerprint density at radius 3 is 2.53 bits per heavy atom. The molecule has 1 aromatic heterocycles. The lowest BCUT2D eigenvalue weighted by molar-refractivity contribution is -0.112. The van der Waals surface area contributed by atoms with Gasteiger partial charge in [-0.05, 0) is 36.8 Å². The fraction of sp³-hybridized carbons (Fsp3) is 0.125. The van der Waals surface area contributed by atoms with E-state index in [0.29, 0.717) is 16.9 Å². The van der Waals surface area contributed by atoms with Crippen LogP contribution < -0.4 is 10.1 Å². The third-order valence-corrected chi connectivity index (χ3v) is 5.40. The predicted molar refractivity (Wildman–Crippen MR) is 123 cm³/mol. The fourth-order valence-electron chi connectivity index (χ4n) is 2.92. The quantitative estimate of drug-likeness (QED) is 0.304. The molecule has 0 saturated heterocycles. The molecule has 32 heavy (non-hydrogen) atoms. The number of aromatic hydroxyl groups is 1. The Bertz CT molecular complexity index is 1210. The van der Waals surface area contributed by atoms with E-state index in [1.54, 1.807) is 61.9 Å². The van der Waals surface area contributed by atoms with Gasteiger partial charge in [-0.3, -0.25) is 4.79 Å². The normalized spacial score (nSPS) is 10.8. The molecule has 0 saturated carbocycles. The van der Waals surface area contributed by atoms with Crippen LogP contribution >= 0.6 is 11.3 Å². The summed E-state index contributed by atoms with van der Waals surface area (Å²) in [5.74, 6) is -0.677. The van der Waals surface area contributed by atoms with Gasteiger partial charge >= 0.3 is 5.97 Å². The lowest BCUT2D eigenvalue weighted by atomic mass is 10.0. The zero-order chi connectivity index (χ0) is 23.1. The van der Waals surface area contributed by atoms with Crippen molar-refractivity contribution in [2.75, 3.05) is 19.0 Å². The number of nitrogens with one attached hydrogen (secondary N) is 1. The number of methoxy groups -OCH3 is 1. The van der Waals surface area contributed by atoms with Crippen molar-refractivity contribution in [2.45, 2.75) is 6.92 Å². The van der Waals surface area contributed by atoms with Gasteiger partial charge in [0.05, 0.1) is 13.7 Å². The summed E-state index contributed by atoms with van der Waals surface area (Å²) in [6, 6.07) is 15.3. The van der Waals surface area contributed by atoms with Crippen LogP contribution in [0.4, 0.5) is 5.00 Å². The molecule has 7 nitrogen and oxygen atoms in total. The first-order valence-corrected chi connectivity index (χ1v) is 10.5. The van der Waals surface area contributed by atoms with Gasteiger partial charge in [0.25, 0.3) is 5.91 Å². The van der Waals surface area contributed by atoms with Crippen molar-refractivity contribution >= 4 is 34.3 Å². The number of phenolic OH excluding ortho intramolecular Hbond substituents is 1. The van der Waals surface area contributed by atoms with Gasteiger partial charge in [-0.2, -0.15) is 5.26 Å². The number of hydrogen-bond donors (Lipinski definition) is 2. The summed E-state index contributed by atoms with van der Waals surface area (Å²) in [6.07, 6.45) is 1.28. The number of ether oxygens (including phenoxy) is 2. The lowest BCUT2D eigenvalue weighted by Gasteiger charge is -2.09. The summed E-state index contributed by atoms with van der Waals surface area (Å²) < 4.78 is 10.4. The van der Waals surface area contributed by atoms with Crippen molar-refractivity contribution < 1.29 is 24.2 Å². The number of rotatable bonds is 7. The number of esters is 1. The number of carbonyl (C=O) groups is 2. The smallest absolute Gasteiger partial charge is 0.341 e. The van der Waals surface area contributed by atoms with Gasteiger partial charge in [-0.1, -0.05) is 30.3 Å². The van der Waals surface area contributed by atoms with Gasteiger partial charge in [0.15, 0.2) is 0 Å². The molecule has 0 unspecified atom stereocenters. The molecule has 3 aromatic rings. The number of benzene rings is 2. The summed E-state index contributed by atoms with van der Waals surface area (Å²) in [4.78, 5) is 25.5. The molecule has 3 rings (SSSR count). The highest BCUT2D eigenvalue weighted by atomic mass is 32.1. The lowest BCUT2D eigenvalue weighted by Crippen LogP contribution is -2.16. The van der Waals surface area contributed by atoms with Crippen LogP contribution in [0, 0.1) is 11.3 Å². The van der Waals surface area contributed by atoms with E-state index in [1.165, 1.54) is 12.1 Å². The van der Waals surface area contributed by atoms with Crippen molar-refractivity contribution in [1.82, 2.24) is 0 Å². The molecule has 1 amide bonds. The minimum Gasteiger partial charge on any atom is -0.507 e. The second kappa shape index (κ2) is 10.3. The molecular weight excluding hydrogens is 428 g/mol. The van der Waals surface area contributed by atoms with E-state index in [2.05, 4.69) is 5.32 Å². The van der Waals surface area contributed by atoms with Crippen LogP contribution in [0.5, 0.6) is 11.5 Å². The number of phenols is 1. The molecule has 0 fully saturated rings. The maximum absolute atomic E-state index is 12.8. The highest BCUT2D eigenvalue weighted by molar-refractivity contribution is 7.15. The van der Waals surface area contributed by atoms with Gasteiger partial charge in [0, 0.05) is 16.5 Å². The van der Waals surface area contributed by atoms with E-state index in [-0.39, 0.29) is 28.5 Å². The molecule has 0 aliphatic rings. The number of carbonyl (C=O) groups excluding carboxylic acids is 2. The van der Waals surface area contributed by atoms with Crippen LogP contribution in [0.15, 0.2) is 59.5 Å². The number of para-hydroxylation sites is 1. The van der Waals surface area contributed by atoms with Crippen molar-refractivity contribution in [2.24, 2.45) is 0 Å². The number of nitriles is 1. The largest absolute Gasteiger partial charge is 0.507 e. The van der Waals surface area contributed by atoms with Gasteiger partial charge in [0.1, 0.15) is 33.7 Å². The van der Waals surface area contributed by atoms with Crippen LogP contribution in [-0.4, -0.2) is 30.7 Å². The standard InChI is InChI=1S/C24H20N2O5S/c1-3-31-24(29)21-19(15-8-10-18(30-2)11-9-15)14-32-23(21)26-22(28)17(13-25)12-16-6-4-5-7-20(16)27/h4-12,14,27H,3H2,1-2H3,(H,26,28). The molecule has 1 heterocycles. The number of anilines is 1. The van der Waals surface area contributed by atoms with E-state index in [0.717, 1.165) is 16.9 Å². The third kappa shape index (κ3) is 4.96. The van der Waals surface area contributed by atoms with Gasteiger partial charge in [-0.15, -0.1) is 11.3 Å². The van der Waals surface area contributed by atoms with Crippen molar-refractivity contribution in [1.29, 1.82) is 5.26 Å².